The average Bonchev–Trinajstić information content (AvgIpc) is 3.19. The number of rotatable bonds is 4. The molecule has 2 heterocycles. The smallest absolute Gasteiger partial charge is 0.223 e. The molecule has 2 aromatic heterocycles. The van der Waals surface area contributed by atoms with Crippen LogP contribution in [-0.4, -0.2) is 39.3 Å². The van der Waals surface area contributed by atoms with E-state index in [1.165, 1.54) is 16.9 Å². The van der Waals surface area contributed by atoms with Gasteiger partial charge in [-0.05, 0) is 52.7 Å². The summed E-state index contributed by atoms with van der Waals surface area (Å²) in [6.07, 6.45) is 1.66. The van der Waals surface area contributed by atoms with E-state index in [1.54, 1.807) is 12.3 Å². The van der Waals surface area contributed by atoms with E-state index in [2.05, 4.69) is 20.4 Å². The minimum atomic E-state index is -0.365. The number of halogens is 1. The Morgan fingerprint density at radius 2 is 1.74 bits per heavy atom. The molecule has 4 aromatic rings. The van der Waals surface area contributed by atoms with Crippen LogP contribution in [0, 0.1) is 5.82 Å². The largest absolute Gasteiger partial charge is 0.378 e. The number of nitrogens with zero attached hydrogens (tertiary/aromatic N) is 6. The number of aromatic nitrogens is 5. The Morgan fingerprint density at radius 1 is 0.926 bits per heavy atom. The van der Waals surface area contributed by atoms with Gasteiger partial charge in [-0.25, -0.2) is 4.39 Å². The number of hydrogen-bond acceptors (Lipinski definition) is 5. The Bertz CT molecular complexity index is 1060. The quantitative estimate of drug-likeness (QED) is 0.557. The van der Waals surface area contributed by atoms with Crippen LogP contribution in [0.1, 0.15) is 0 Å². The third-order valence-electron chi connectivity index (χ3n) is 4.14. The Hall–Kier alpha value is -3.61. The number of benzene rings is 2. The van der Waals surface area contributed by atoms with Crippen molar-refractivity contribution in [1.82, 2.24) is 25.2 Å². The summed E-state index contributed by atoms with van der Waals surface area (Å²) < 4.78 is 14.2. The van der Waals surface area contributed by atoms with E-state index < -0.39 is 0 Å². The first kappa shape index (κ1) is 16.8. The highest BCUT2D eigenvalue weighted by atomic mass is 19.1. The Morgan fingerprint density at radius 3 is 2.44 bits per heavy atom. The lowest BCUT2D eigenvalue weighted by Gasteiger charge is -2.13. The van der Waals surface area contributed by atoms with Gasteiger partial charge in [-0.3, -0.25) is 4.98 Å². The van der Waals surface area contributed by atoms with Crippen molar-refractivity contribution in [2.75, 3.05) is 19.0 Å². The van der Waals surface area contributed by atoms with Gasteiger partial charge in [0.2, 0.25) is 5.82 Å². The molecule has 0 saturated carbocycles. The minimum absolute atomic E-state index is 0.365. The van der Waals surface area contributed by atoms with Gasteiger partial charge in [0.25, 0.3) is 0 Å². The van der Waals surface area contributed by atoms with Crippen molar-refractivity contribution in [3.05, 3.63) is 72.7 Å². The van der Waals surface area contributed by atoms with E-state index in [-0.39, 0.29) is 5.82 Å². The van der Waals surface area contributed by atoms with E-state index in [9.17, 15) is 4.39 Å². The van der Waals surface area contributed by atoms with Crippen molar-refractivity contribution < 1.29 is 4.39 Å². The number of hydrogen-bond donors (Lipinski definition) is 0. The zero-order valence-electron chi connectivity index (χ0n) is 14.9. The van der Waals surface area contributed by atoms with Gasteiger partial charge in [0, 0.05) is 32.0 Å². The van der Waals surface area contributed by atoms with Gasteiger partial charge in [0.05, 0.1) is 5.69 Å². The van der Waals surface area contributed by atoms with Gasteiger partial charge in [-0.2, -0.15) is 0 Å². The van der Waals surface area contributed by atoms with E-state index >= 15 is 0 Å². The lowest BCUT2D eigenvalue weighted by atomic mass is 10.0. The van der Waals surface area contributed by atoms with Gasteiger partial charge >= 0.3 is 0 Å². The molecule has 0 unspecified atom stereocenters. The summed E-state index contributed by atoms with van der Waals surface area (Å²) in [5.74, 6) is 0.0209. The molecule has 0 fully saturated rings. The normalized spacial score (nSPS) is 10.8. The number of pyridine rings is 1. The molecular weight excluding hydrogens is 343 g/mol. The Kier molecular flexibility index (Phi) is 4.33. The molecule has 0 saturated heterocycles. The summed E-state index contributed by atoms with van der Waals surface area (Å²) in [5.41, 5.74) is 3.84. The summed E-state index contributed by atoms with van der Waals surface area (Å²) in [5, 5.41) is 12.4. The monoisotopic (exact) mass is 360 g/mol. The third-order valence-corrected chi connectivity index (χ3v) is 4.14. The van der Waals surface area contributed by atoms with Crippen LogP contribution in [0.2, 0.25) is 0 Å². The lowest BCUT2D eigenvalue weighted by molar-refractivity contribution is 0.621. The maximum atomic E-state index is 14.2. The van der Waals surface area contributed by atoms with E-state index in [1.807, 2.05) is 61.5 Å². The zero-order chi connectivity index (χ0) is 18.8. The molecule has 0 aliphatic carbocycles. The molecule has 0 bridgehead atoms. The molecule has 0 spiro atoms. The van der Waals surface area contributed by atoms with Crippen molar-refractivity contribution in [2.45, 2.75) is 0 Å². The van der Waals surface area contributed by atoms with Gasteiger partial charge in [0.1, 0.15) is 11.5 Å². The topological polar surface area (TPSA) is 59.7 Å². The van der Waals surface area contributed by atoms with Gasteiger partial charge < -0.3 is 4.90 Å². The second-order valence-electron chi connectivity index (χ2n) is 6.26. The number of anilines is 1. The molecule has 0 aliphatic heterocycles. The molecule has 4 rings (SSSR count). The molecule has 0 N–H and O–H groups in total. The van der Waals surface area contributed by atoms with E-state index in [0.29, 0.717) is 17.2 Å². The highest BCUT2D eigenvalue weighted by Crippen LogP contribution is 2.25. The molecule has 7 heteroatoms. The summed E-state index contributed by atoms with van der Waals surface area (Å²) in [6.45, 7) is 0. The van der Waals surface area contributed by atoms with Crippen LogP contribution in [0.5, 0.6) is 0 Å². The first-order valence-corrected chi connectivity index (χ1v) is 8.40. The fraction of sp³-hybridized carbons (Fsp3) is 0.100. The predicted molar refractivity (Wildman–Crippen MR) is 102 cm³/mol. The van der Waals surface area contributed by atoms with Crippen LogP contribution in [-0.2, 0) is 0 Å². The summed E-state index contributed by atoms with van der Waals surface area (Å²) >= 11 is 0. The van der Waals surface area contributed by atoms with Crippen LogP contribution in [0.15, 0.2) is 66.9 Å². The van der Waals surface area contributed by atoms with Crippen LogP contribution in [0.25, 0.3) is 28.3 Å². The molecule has 0 amide bonds. The summed E-state index contributed by atoms with van der Waals surface area (Å²) in [7, 11) is 3.95. The van der Waals surface area contributed by atoms with Gasteiger partial charge in [0.15, 0.2) is 0 Å². The van der Waals surface area contributed by atoms with Crippen LogP contribution in [0.4, 0.5) is 10.1 Å². The van der Waals surface area contributed by atoms with Gasteiger partial charge in [-0.1, -0.05) is 18.2 Å². The molecule has 0 radical (unpaired) electrons. The van der Waals surface area contributed by atoms with Crippen LogP contribution >= 0.6 is 0 Å². The number of tetrazole rings is 1. The highest BCUT2D eigenvalue weighted by molar-refractivity contribution is 5.68. The second kappa shape index (κ2) is 6.95. The fourth-order valence-corrected chi connectivity index (χ4v) is 2.73. The van der Waals surface area contributed by atoms with E-state index in [4.69, 9.17) is 0 Å². The van der Waals surface area contributed by atoms with Crippen LogP contribution in [0.3, 0.4) is 0 Å². The van der Waals surface area contributed by atoms with Crippen LogP contribution < -0.4 is 4.90 Å². The summed E-state index contributed by atoms with van der Waals surface area (Å²) in [6, 6.07) is 18.1. The van der Waals surface area contributed by atoms with Crippen molar-refractivity contribution in [3.8, 4) is 28.3 Å². The van der Waals surface area contributed by atoms with Crippen molar-refractivity contribution in [1.29, 1.82) is 0 Å². The molecular formula is C20H17FN6. The Balaban J connectivity index is 1.70. The molecule has 27 heavy (non-hydrogen) atoms. The predicted octanol–water partition coefficient (Wildman–Crippen LogP) is 3.60. The molecule has 0 atom stereocenters. The molecule has 6 nitrogen and oxygen atoms in total. The lowest BCUT2D eigenvalue weighted by Crippen LogP contribution is -2.07. The standard InChI is InChI=1S/C20H17FN6/c1-26(2)17-8-6-14(7-9-17)15-11-16(21)13-18(12-15)27-24-20(23-25-27)19-5-3-4-10-22-19/h3-13H,1-2H3. The van der Waals surface area contributed by atoms with Gasteiger partial charge in [-0.15, -0.1) is 15.0 Å². The Labute approximate surface area is 155 Å². The SMILES string of the molecule is CN(C)c1ccc(-c2cc(F)cc(-n3nnc(-c4ccccn4)n3)c2)cc1. The van der Waals surface area contributed by atoms with Crippen molar-refractivity contribution in [3.63, 3.8) is 0 Å². The van der Waals surface area contributed by atoms with E-state index in [0.717, 1.165) is 16.8 Å². The zero-order valence-corrected chi connectivity index (χ0v) is 14.9. The fourth-order valence-electron chi connectivity index (χ4n) is 2.73. The third kappa shape index (κ3) is 3.52. The first-order chi connectivity index (χ1) is 13.1. The minimum Gasteiger partial charge on any atom is -0.378 e. The maximum absolute atomic E-state index is 14.2. The highest BCUT2D eigenvalue weighted by Gasteiger charge is 2.11. The molecule has 0 aliphatic rings. The molecule has 134 valence electrons. The van der Waals surface area contributed by atoms with Crippen molar-refractivity contribution >= 4 is 5.69 Å². The first-order valence-electron chi connectivity index (χ1n) is 8.40. The maximum Gasteiger partial charge on any atom is 0.223 e. The van der Waals surface area contributed by atoms with Crippen molar-refractivity contribution in [2.24, 2.45) is 0 Å². The second-order valence-corrected chi connectivity index (χ2v) is 6.26. The average molecular weight is 360 g/mol. The molecule has 2 aromatic carbocycles. The summed E-state index contributed by atoms with van der Waals surface area (Å²) in [4.78, 5) is 7.53.